The molecular formula is C31H41IO2. The summed E-state index contributed by atoms with van der Waals surface area (Å²) in [5.41, 5.74) is 2.66. The third-order valence-electron chi connectivity index (χ3n) is 8.44. The maximum absolute atomic E-state index is 13.9. The van der Waals surface area contributed by atoms with Gasteiger partial charge in [-0.2, -0.15) is 0 Å². The Morgan fingerprint density at radius 1 is 0.706 bits per heavy atom. The van der Waals surface area contributed by atoms with Crippen LogP contribution in [0.3, 0.4) is 0 Å². The van der Waals surface area contributed by atoms with E-state index in [1.165, 1.54) is 37.5 Å². The van der Waals surface area contributed by atoms with Crippen LogP contribution < -0.4 is 0 Å². The van der Waals surface area contributed by atoms with Crippen LogP contribution in [0.15, 0.2) is 48.5 Å². The van der Waals surface area contributed by atoms with Crippen molar-refractivity contribution >= 4 is 26.2 Å². The molecule has 0 heterocycles. The Labute approximate surface area is 214 Å². The molecule has 0 spiro atoms. The average Bonchev–Trinajstić information content (AvgIpc) is 2.75. The van der Waals surface area contributed by atoms with Gasteiger partial charge in [0.2, 0.25) is 0 Å². The van der Waals surface area contributed by atoms with E-state index in [0.29, 0.717) is 0 Å². The Kier molecular flexibility index (Phi) is 6.18. The fourth-order valence-corrected chi connectivity index (χ4v) is 11.0. The minimum absolute atomic E-state index is 0.113. The number of rotatable bonds is 4. The van der Waals surface area contributed by atoms with Gasteiger partial charge in [0.25, 0.3) is 0 Å². The van der Waals surface area contributed by atoms with E-state index in [1.54, 1.807) is 0 Å². The van der Waals surface area contributed by atoms with Crippen LogP contribution in [0.4, 0.5) is 0 Å². The van der Waals surface area contributed by atoms with E-state index in [0.717, 1.165) is 37.0 Å². The molecule has 0 unspecified atom stereocenters. The van der Waals surface area contributed by atoms with E-state index >= 15 is 0 Å². The molecule has 0 radical (unpaired) electrons. The molecule has 4 aliphatic carbocycles. The van der Waals surface area contributed by atoms with Gasteiger partial charge in [0.05, 0.1) is 0 Å². The Balaban J connectivity index is 1.46. The summed E-state index contributed by atoms with van der Waals surface area (Å²) in [6, 6.07) is 17.9. The number of carbonyl (C=O) groups excluding carboxylic acids is 1. The predicted octanol–water partition coefficient (Wildman–Crippen LogP) is 8.50. The van der Waals surface area contributed by atoms with E-state index in [1.807, 2.05) is 0 Å². The normalized spacial score (nSPS) is 28.6. The summed E-state index contributed by atoms with van der Waals surface area (Å²) in [5, 5.41) is 0. The summed E-state index contributed by atoms with van der Waals surface area (Å²) in [6.07, 6.45) is 7.22. The molecule has 0 aliphatic heterocycles. The molecule has 0 aromatic heterocycles. The second-order valence-corrected chi connectivity index (χ2v) is 17.7. The van der Waals surface area contributed by atoms with Gasteiger partial charge in [0.15, 0.2) is 0 Å². The van der Waals surface area contributed by atoms with Crippen molar-refractivity contribution < 1.29 is 7.86 Å². The van der Waals surface area contributed by atoms with Crippen molar-refractivity contribution in [1.82, 2.24) is 0 Å². The molecule has 0 atom stereocenters. The van der Waals surface area contributed by atoms with Gasteiger partial charge < -0.3 is 0 Å². The van der Waals surface area contributed by atoms with Gasteiger partial charge in [-0.1, -0.05) is 0 Å². The SMILES string of the molecule is CC(C)(C)c1ccc(I(OC(=O)C23CC4CC(CC(C4)C2)C3)c2ccc(C(C)(C)C)cc2)cc1. The Morgan fingerprint density at radius 2 is 1.06 bits per heavy atom. The van der Waals surface area contributed by atoms with Crippen molar-refractivity contribution in [3.8, 4) is 0 Å². The van der Waals surface area contributed by atoms with E-state index in [-0.39, 0.29) is 22.2 Å². The van der Waals surface area contributed by atoms with Gasteiger partial charge >= 0.3 is 215 Å². The molecule has 2 aromatic rings. The summed E-state index contributed by atoms with van der Waals surface area (Å²) in [4.78, 5) is 13.9. The van der Waals surface area contributed by atoms with Crippen LogP contribution in [-0.4, -0.2) is 5.97 Å². The molecule has 4 aliphatic rings. The molecule has 184 valence electrons. The van der Waals surface area contributed by atoms with Gasteiger partial charge in [0, 0.05) is 0 Å². The molecule has 4 fully saturated rings. The standard InChI is InChI=1S/C31H41IO2/c1-29(2,3)24-7-11-26(12-8-24)32(27-13-9-25(10-14-27)30(4,5)6)34-28(33)31-18-21-15-22(19-31)17-23(16-21)20-31/h7-14,21-23H,15-20H2,1-6H3. The monoisotopic (exact) mass is 572 g/mol. The second kappa shape index (κ2) is 8.64. The number of benzene rings is 2. The zero-order valence-electron chi connectivity index (χ0n) is 21.8. The van der Waals surface area contributed by atoms with Crippen LogP contribution in [0.2, 0.25) is 0 Å². The van der Waals surface area contributed by atoms with Crippen LogP contribution in [0.5, 0.6) is 0 Å². The topological polar surface area (TPSA) is 26.3 Å². The molecule has 3 heteroatoms. The van der Waals surface area contributed by atoms with E-state index in [4.69, 9.17) is 3.07 Å². The Morgan fingerprint density at radius 3 is 1.38 bits per heavy atom. The van der Waals surface area contributed by atoms with Crippen LogP contribution in [0, 0.1) is 30.3 Å². The van der Waals surface area contributed by atoms with Crippen molar-refractivity contribution in [3.63, 3.8) is 0 Å². The van der Waals surface area contributed by atoms with Crippen LogP contribution in [-0.2, 0) is 18.7 Å². The second-order valence-electron chi connectivity index (χ2n) is 13.3. The third-order valence-corrected chi connectivity index (χ3v) is 13.0. The Bertz CT molecular complexity index is 944. The summed E-state index contributed by atoms with van der Waals surface area (Å²) >= 11 is -2.37. The molecule has 0 saturated heterocycles. The first kappa shape index (κ1) is 24.3. The van der Waals surface area contributed by atoms with Gasteiger partial charge in [-0.3, -0.25) is 0 Å². The van der Waals surface area contributed by atoms with E-state index in [9.17, 15) is 4.79 Å². The first-order chi connectivity index (χ1) is 15.9. The number of hydrogen-bond donors (Lipinski definition) is 0. The quantitative estimate of drug-likeness (QED) is 0.344. The molecule has 0 N–H and O–H groups in total. The van der Waals surface area contributed by atoms with Crippen LogP contribution >= 0.6 is 20.2 Å². The fraction of sp³-hybridized carbons (Fsp3) is 0.581. The van der Waals surface area contributed by atoms with Crippen LogP contribution in [0.1, 0.15) is 91.2 Å². The average molecular weight is 573 g/mol. The number of halogens is 1. The molecule has 4 bridgehead atoms. The molecular weight excluding hydrogens is 531 g/mol. The summed E-state index contributed by atoms with van der Waals surface area (Å²) in [7, 11) is 0. The van der Waals surface area contributed by atoms with Crippen molar-refractivity contribution in [1.29, 1.82) is 0 Å². The summed E-state index contributed by atoms with van der Waals surface area (Å²) < 4.78 is 9.12. The van der Waals surface area contributed by atoms with Crippen molar-refractivity contribution in [3.05, 3.63) is 66.8 Å². The number of carbonyl (C=O) groups is 1. The minimum atomic E-state index is -2.37. The van der Waals surface area contributed by atoms with Gasteiger partial charge in [-0.25, -0.2) is 0 Å². The summed E-state index contributed by atoms with van der Waals surface area (Å²) in [6.45, 7) is 13.5. The molecule has 2 nitrogen and oxygen atoms in total. The van der Waals surface area contributed by atoms with Crippen molar-refractivity contribution in [2.45, 2.75) is 90.9 Å². The maximum atomic E-state index is 13.9. The molecule has 34 heavy (non-hydrogen) atoms. The summed E-state index contributed by atoms with van der Waals surface area (Å²) in [5.74, 6) is 2.37. The first-order valence-electron chi connectivity index (χ1n) is 13.1. The molecule has 0 amide bonds. The van der Waals surface area contributed by atoms with Gasteiger partial charge in [0.1, 0.15) is 0 Å². The third kappa shape index (κ3) is 4.70. The molecule has 4 saturated carbocycles. The zero-order chi connectivity index (χ0) is 24.3. The van der Waals surface area contributed by atoms with Gasteiger partial charge in [-0.05, 0) is 0 Å². The predicted molar refractivity (Wildman–Crippen MR) is 148 cm³/mol. The van der Waals surface area contributed by atoms with Crippen molar-refractivity contribution in [2.75, 3.05) is 0 Å². The first-order valence-corrected chi connectivity index (χ1v) is 16.1. The zero-order valence-corrected chi connectivity index (χ0v) is 23.9. The number of hydrogen-bond acceptors (Lipinski definition) is 2. The fourth-order valence-electron chi connectivity index (χ4n) is 6.86. The van der Waals surface area contributed by atoms with Crippen LogP contribution in [0.25, 0.3) is 0 Å². The Hall–Kier alpha value is -1.36. The van der Waals surface area contributed by atoms with E-state index in [2.05, 4.69) is 90.1 Å². The van der Waals surface area contributed by atoms with Gasteiger partial charge in [-0.15, -0.1) is 0 Å². The van der Waals surface area contributed by atoms with Crippen molar-refractivity contribution in [2.24, 2.45) is 23.2 Å². The van der Waals surface area contributed by atoms with E-state index < -0.39 is 20.2 Å². The molecule has 2 aromatic carbocycles. The molecule has 6 rings (SSSR count).